The molecular weight excluding hydrogens is 428 g/mol. The molecule has 0 bridgehead atoms. The van der Waals surface area contributed by atoms with Crippen molar-refractivity contribution in [2.75, 3.05) is 23.3 Å². The Labute approximate surface area is 200 Å². The van der Waals surface area contributed by atoms with E-state index in [-0.39, 0.29) is 24.0 Å². The maximum atomic E-state index is 12.8. The minimum absolute atomic E-state index is 0.168. The Morgan fingerprint density at radius 3 is 2.38 bits per heavy atom. The van der Waals surface area contributed by atoms with E-state index in [1.807, 2.05) is 43.3 Å². The maximum absolute atomic E-state index is 12.8. The van der Waals surface area contributed by atoms with E-state index in [4.69, 9.17) is 4.74 Å². The van der Waals surface area contributed by atoms with Crippen molar-refractivity contribution in [3.8, 4) is 0 Å². The molecule has 34 heavy (non-hydrogen) atoms. The number of morpholine rings is 1. The van der Waals surface area contributed by atoms with Gasteiger partial charge in [0.15, 0.2) is 0 Å². The fraction of sp³-hybridized carbons (Fsp3) is 0.296. The van der Waals surface area contributed by atoms with Crippen LogP contribution in [0.25, 0.3) is 0 Å². The maximum Gasteiger partial charge on any atom is 0.255 e. The number of carbonyl (C=O) groups excluding carboxylic acids is 2. The van der Waals surface area contributed by atoms with Crippen molar-refractivity contribution >= 4 is 23.3 Å². The van der Waals surface area contributed by atoms with Crippen LogP contribution in [-0.2, 0) is 11.3 Å². The molecule has 2 unspecified atom stereocenters. The van der Waals surface area contributed by atoms with Gasteiger partial charge in [0.2, 0.25) is 0 Å². The van der Waals surface area contributed by atoms with Crippen LogP contribution in [0.4, 0.5) is 11.5 Å². The van der Waals surface area contributed by atoms with Gasteiger partial charge in [-0.3, -0.25) is 9.59 Å². The summed E-state index contributed by atoms with van der Waals surface area (Å²) in [6.07, 6.45) is 2.13. The molecule has 1 fully saturated rings. The minimum atomic E-state index is -0.213. The van der Waals surface area contributed by atoms with E-state index in [1.165, 1.54) is 0 Å². The highest BCUT2D eigenvalue weighted by Crippen LogP contribution is 2.20. The Hall–Kier alpha value is -3.71. The molecule has 0 spiro atoms. The van der Waals surface area contributed by atoms with Crippen LogP contribution in [0.3, 0.4) is 0 Å². The quantitative estimate of drug-likeness (QED) is 0.579. The number of anilines is 2. The molecule has 176 valence electrons. The number of hydrogen-bond donors (Lipinski definition) is 2. The number of nitrogens with zero attached hydrogens (tertiary/aromatic N) is 2. The van der Waals surface area contributed by atoms with Crippen LogP contribution in [-0.4, -0.2) is 42.1 Å². The van der Waals surface area contributed by atoms with Gasteiger partial charge in [0.05, 0.1) is 12.2 Å². The monoisotopic (exact) mass is 458 g/mol. The molecule has 3 aromatic rings. The number of hydrogen-bond acceptors (Lipinski definition) is 5. The third-order valence-electron chi connectivity index (χ3n) is 5.79. The van der Waals surface area contributed by atoms with Crippen LogP contribution in [0, 0.1) is 6.92 Å². The van der Waals surface area contributed by atoms with Crippen LogP contribution in [0.1, 0.15) is 45.7 Å². The zero-order valence-corrected chi connectivity index (χ0v) is 19.7. The summed E-state index contributed by atoms with van der Waals surface area (Å²) in [5.41, 5.74) is 3.45. The van der Waals surface area contributed by atoms with Gasteiger partial charge in [0.1, 0.15) is 5.82 Å². The van der Waals surface area contributed by atoms with Gasteiger partial charge < -0.3 is 20.3 Å². The average molecular weight is 459 g/mol. The number of rotatable bonds is 6. The smallest absolute Gasteiger partial charge is 0.255 e. The van der Waals surface area contributed by atoms with Crippen LogP contribution in [0.5, 0.6) is 0 Å². The Morgan fingerprint density at radius 2 is 1.71 bits per heavy atom. The van der Waals surface area contributed by atoms with Crippen molar-refractivity contribution < 1.29 is 14.3 Å². The van der Waals surface area contributed by atoms with Crippen LogP contribution in [0.2, 0.25) is 0 Å². The fourth-order valence-electron chi connectivity index (χ4n) is 4.04. The number of aromatic nitrogens is 1. The lowest BCUT2D eigenvalue weighted by Gasteiger charge is -2.36. The predicted molar refractivity (Wildman–Crippen MR) is 133 cm³/mol. The average Bonchev–Trinajstić information content (AvgIpc) is 2.84. The third-order valence-corrected chi connectivity index (χ3v) is 5.79. The molecule has 2 aromatic carbocycles. The fourth-order valence-corrected chi connectivity index (χ4v) is 4.04. The number of benzene rings is 2. The Balaban J connectivity index is 1.36. The van der Waals surface area contributed by atoms with E-state index < -0.39 is 0 Å². The van der Waals surface area contributed by atoms with Gasteiger partial charge in [-0.2, -0.15) is 0 Å². The van der Waals surface area contributed by atoms with Gasteiger partial charge in [-0.15, -0.1) is 0 Å². The molecule has 1 aliphatic heterocycles. The van der Waals surface area contributed by atoms with Gasteiger partial charge in [0, 0.05) is 42.6 Å². The van der Waals surface area contributed by atoms with E-state index in [9.17, 15) is 9.59 Å². The highest BCUT2D eigenvalue weighted by molar-refractivity contribution is 6.05. The van der Waals surface area contributed by atoms with Crippen LogP contribution >= 0.6 is 0 Å². The van der Waals surface area contributed by atoms with E-state index in [0.29, 0.717) is 23.4 Å². The molecule has 0 aliphatic carbocycles. The van der Waals surface area contributed by atoms with Crippen molar-refractivity contribution in [1.82, 2.24) is 10.3 Å². The molecule has 2 N–H and O–H groups in total. The van der Waals surface area contributed by atoms with Crippen LogP contribution < -0.4 is 15.5 Å². The highest BCUT2D eigenvalue weighted by atomic mass is 16.5. The summed E-state index contributed by atoms with van der Waals surface area (Å²) in [4.78, 5) is 32.1. The molecule has 2 amide bonds. The molecule has 0 radical (unpaired) electrons. The second-order valence-electron chi connectivity index (χ2n) is 8.72. The largest absolute Gasteiger partial charge is 0.372 e. The molecule has 2 atom stereocenters. The first-order valence-electron chi connectivity index (χ1n) is 11.5. The van der Waals surface area contributed by atoms with Gasteiger partial charge in [0.25, 0.3) is 11.8 Å². The van der Waals surface area contributed by atoms with Gasteiger partial charge in [-0.25, -0.2) is 4.98 Å². The first-order valence-corrected chi connectivity index (χ1v) is 11.5. The summed E-state index contributed by atoms with van der Waals surface area (Å²) in [5.74, 6) is 0.487. The summed E-state index contributed by atoms with van der Waals surface area (Å²) in [6, 6.07) is 18.2. The number of nitrogens with one attached hydrogen (secondary N) is 2. The first kappa shape index (κ1) is 23.4. The summed E-state index contributed by atoms with van der Waals surface area (Å²) in [6.45, 7) is 8.01. The van der Waals surface area contributed by atoms with Crippen LogP contribution in [0.15, 0.2) is 66.9 Å². The van der Waals surface area contributed by atoms with Gasteiger partial charge in [-0.05, 0) is 62.2 Å². The summed E-state index contributed by atoms with van der Waals surface area (Å²) < 4.78 is 5.79. The lowest BCUT2D eigenvalue weighted by molar-refractivity contribution is -0.00546. The lowest BCUT2D eigenvalue weighted by Crippen LogP contribution is -2.45. The Morgan fingerprint density at radius 1 is 0.971 bits per heavy atom. The summed E-state index contributed by atoms with van der Waals surface area (Å²) >= 11 is 0. The second kappa shape index (κ2) is 10.5. The van der Waals surface area contributed by atoms with Gasteiger partial charge in [-0.1, -0.05) is 30.3 Å². The molecule has 7 heteroatoms. The molecule has 2 heterocycles. The Bertz CT molecular complexity index is 1140. The zero-order valence-electron chi connectivity index (χ0n) is 19.7. The molecule has 0 saturated carbocycles. The van der Waals surface area contributed by atoms with Crippen molar-refractivity contribution in [2.45, 2.75) is 39.5 Å². The van der Waals surface area contributed by atoms with Gasteiger partial charge >= 0.3 is 0 Å². The molecule has 1 aliphatic rings. The van der Waals surface area contributed by atoms with Crippen molar-refractivity contribution in [3.63, 3.8) is 0 Å². The summed E-state index contributed by atoms with van der Waals surface area (Å²) in [5, 5.41) is 5.83. The van der Waals surface area contributed by atoms with Crippen molar-refractivity contribution in [2.24, 2.45) is 0 Å². The van der Waals surface area contributed by atoms with Crippen molar-refractivity contribution in [3.05, 3.63) is 89.1 Å². The first-order chi connectivity index (χ1) is 16.4. The van der Waals surface area contributed by atoms with E-state index >= 15 is 0 Å². The predicted octanol–water partition coefficient (Wildman–Crippen LogP) is 4.19. The topological polar surface area (TPSA) is 83.6 Å². The van der Waals surface area contributed by atoms with E-state index in [2.05, 4.69) is 34.4 Å². The zero-order chi connectivity index (χ0) is 24.1. The molecule has 7 nitrogen and oxygen atoms in total. The molecular formula is C27H30N4O3. The Kier molecular flexibility index (Phi) is 7.23. The highest BCUT2D eigenvalue weighted by Gasteiger charge is 2.23. The standard InChI is InChI=1S/C27H30N4O3/c1-18-9-11-23(13-24(18)30-27(33)22-7-5-4-6-8-22)26(32)29-15-21-10-12-25(28-14-21)31-16-19(2)34-20(3)17-31/h4-14,19-20H,15-17H2,1-3H3,(H,29,32)(H,30,33). The number of pyridine rings is 1. The second-order valence-corrected chi connectivity index (χ2v) is 8.72. The minimum Gasteiger partial charge on any atom is -0.372 e. The SMILES string of the molecule is Cc1ccc(C(=O)NCc2ccc(N3CC(C)OC(C)C3)nc2)cc1NC(=O)c1ccccc1. The third kappa shape index (κ3) is 5.80. The van der Waals surface area contributed by atoms with Crippen molar-refractivity contribution in [1.29, 1.82) is 0 Å². The molecule has 4 rings (SSSR count). The molecule has 1 saturated heterocycles. The number of carbonyl (C=O) groups is 2. The van der Waals surface area contributed by atoms with E-state index in [1.54, 1.807) is 30.5 Å². The molecule has 1 aromatic heterocycles. The summed E-state index contributed by atoms with van der Waals surface area (Å²) in [7, 11) is 0. The number of ether oxygens (including phenoxy) is 1. The lowest BCUT2D eigenvalue weighted by atomic mass is 10.1. The number of aryl methyl sites for hydroxylation is 1. The normalized spacial score (nSPS) is 17.8. The number of amides is 2. The van der Waals surface area contributed by atoms with E-state index in [0.717, 1.165) is 30.0 Å².